The zero-order chi connectivity index (χ0) is 13.9. The Bertz CT molecular complexity index is 488. The summed E-state index contributed by atoms with van der Waals surface area (Å²) >= 11 is 5.96. The fourth-order valence-electron chi connectivity index (χ4n) is 3.78. The van der Waals surface area contributed by atoms with Crippen LogP contribution in [-0.4, -0.2) is 30.3 Å². The number of piperidine rings is 1. The fraction of sp³-hybridized carbons (Fsp3) is 0.588. The molecule has 0 amide bonds. The Hall–Kier alpha value is -0.860. The van der Waals surface area contributed by atoms with Gasteiger partial charge >= 0.3 is 0 Å². The monoisotopic (exact) mass is 291 g/mol. The first-order valence-electron chi connectivity index (χ1n) is 7.73. The molecule has 0 N–H and O–H groups in total. The van der Waals surface area contributed by atoms with Crippen molar-refractivity contribution < 1.29 is 4.79 Å². The quantitative estimate of drug-likeness (QED) is 0.784. The molecule has 20 heavy (non-hydrogen) atoms. The molecule has 108 valence electrons. The highest BCUT2D eigenvalue weighted by Crippen LogP contribution is 2.35. The van der Waals surface area contributed by atoms with Gasteiger partial charge in [0.1, 0.15) is 0 Å². The van der Waals surface area contributed by atoms with Gasteiger partial charge in [0, 0.05) is 17.1 Å². The van der Waals surface area contributed by atoms with Crippen molar-refractivity contribution in [2.75, 3.05) is 19.6 Å². The lowest BCUT2D eigenvalue weighted by Crippen LogP contribution is -2.43. The van der Waals surface area contributed by atoms with Crippen LogP contribution in [0.15, 0.2) is 24.3 Å². The first-order chi connectivity index (χ1) is 9.72. The average molecular weight is 292 g/mol. The fourth-order valence-corrected chi connectivity index (χ4v) is 3.97. The first-order valence-corrected chi connectivity index (χ1v) is 8.11. The molecule has 2 atom stereocenters. The SMILES string of the molecule is O=C(CN1CCC2CCCCC2C1)c1cccc(Cl)c1. The molecule has 2 nitrogen and oxygen atoms in total. The molecule has 2 fully saturated rings. The van der Waals surface area contributed by atoms with Crippen LogP contribution in [0.5, 0.6) is 0 Å². The molecule has 1 aromatic carbocycles. The molecule has 1 aliphatic heterocycles. The highest BCUT2D eigenvalue weighted by molar-refractivity contribution is 6.31. The molecule has 0 bridgehead atoms. The zero-order valence-electron chi connectivity index (χ0n) is 11.9. The molecule has 1 saturated carbocycles. The van der Waals surface area contributed by atoms with Gasteiger partial charge in [0.25, 0.3) is 0 Å². The van der Waals surface area contributed by atoms with E-state index in [1.54, 1.807) is 6.07 Å². The minimum absolute atomic E-state index is 0.196. The van der Waals surface area contributed by atoms with Crippen molar-refractivity contribution in [1.82, 2.24) is 4.90 Å². The Labute approximate surface area is 126 Å². The van der Waals surface area contributed by atoms with E-state index in [1.807, 2.05) is 18.2 Å². The summed E-state index contributed by atoms with van der Waals surface area (Å²) in [6.07, 6.45) is 6.81. The zero-order valence-corrected chi connectivity index (χ0v) is 12.6. The third-order valence-corrected chi connectivity index (χ3v) is 5.12. The van der Waals surface area contributed by atoms with Crippen molar-refractivity contribution in [3.8, 4) is 0 Å². The van der Waals surface area contributed by atoms with Crippen molar-refractivity contribution >= 4 is 17.4 Å². The number of Topliss-reactive ketones (excluding diaryl/α,β-unsaturated/α-hetero) is 1. The maximum atomic E-state index is 12.3. The van der Waals surface area contributed by atoms with Gasteiger partial charge in [-0.1, -0.05) is 43.0 Å². The van der Waals surface area contributed by atoms with Crippen LogP contribution < -0.4 is 0 Å². The maximum absolute atomic E-state index is 12.3. The highest BCUT2D eigenvalue weighted by Gasteiger charge is 2.31. The van der Waals surface area contributed by atoms with Crippen molar-refractivity contribution in [3.63, 3.8) is 0 Å². The van der Waals surface area contributed by atoms with Gasteiger partial charge < -0.3 is 0 Å². The van der Waals surface area contributed by atoms with Gasteiger partial charge in [0.15, 0.2) is 5.78 Å². The second kappa shape index (κ2) is 6.28. The van der Waals surface area contributed by atoms with Crippen molar-refractivity contribution in [2.24, 2.45) is 11.8 Å². The molecule has 2 unspecified atom stereocenters. The lowest BCUT2D eigenvalue weighted by Gasteiger charge is -2.41. The molecule has 1 aliphatic carbocycles. The molecule has 1 aromatic rings. The summed E-state index contributed by atoms with van der Waals surface area (Å²) in [7, 11) is 0. The van der Waals surface area contributed by atoms with Gasteiger partial charge in [0.05, 0.1) is 6.54 Å². The topological polar surface area (TPSA) is 20.3 Å². The molecular formula is C17H22ClNO. The van der Waals surface area contributed by atoms with Crippen LogP contribution in [0.25, 0.3) is 0 Å². The third kappa shape index (κ3) is 3.24. The van der Waals surface area contributed by atoms with Crippen LogP contribution in [0.4, 0.5) is 0 Å². The van der Waals surface area contributed by atoms with Gasteiger partial charge in [-0.05, 0) is 43.4 Å². The van der Waals surface area contributed by atoms with E-state index in [0.29, 0.717) is 11.6 Å². The third-order valence-electron chi connectivity index (χ3n) is 4.89. The lowest BCUT2D eigenvalue weighted by molar-refractivity contribution is 0.0713. The summed E-state index contributed by atoms with van der Waals surface area (Å²) in [6, 6.07) is 7.30. The minimum atomic E-state index is 0.196. The molecule has 3 heteroatoms. The average Bonchev–Trinajstić information content (AvgIpc) is 2.47. The van der Waals surface area contributed by atoms with Gasteiger partial charge in [-0.2, -0.15) is 0 Å². The molecule has 3 rings (SSSR count). The number of hydrogen-bond donors (Lipinski definition) is 0. The van der Waals surface area contributed by atoms with Crippen molar-refractivity contribution in [3.05, 3.63) is 34.9 Å². The molecular weight excluding hydrogens is 270 g/mol. The van der Waals surface area contributed by atoms with Gasteiger partial charge in [0.2, 0.25) is 0 Å². The van der Waals surface area contributed by atoms with Crippen LogP contribution in [0.1, 0.15) is 42.5 Å². The van der Waals surface area contributed by atoms with E-state index in [9.17, 15) is 4.79 Å². The first kappa shape index (κ1) is 14.1. The highest BCUT2D eigenvalue weighted by atomic mass is 35.5. The summed E-state index contributed by atoms with van der Waals surface area (Å²) in [4.78, 5) is 14.7. The minimum Gasteiger partial charge on any atom is -0.296 e. The number of halogens is 1. The molecule has 1 heterocycles. The van der Waals surface area contributed by atoms with E-state index in [-0.39, 0.29) is 5.78 Å². The second-order valence-corrected chi connectivity index (χ2v) is 6.70. The Morgan fingerprint density at radius 1 is 1.20 bits per heavy atom. The second-order valence-electron chi connectivity index (χ2n) is 6.26. The largest absolute Gasteiger partial charge is 0.296 e. The summed E-state index contributed by atoms with van der Waals surface area (Å²) < 4.78 is 0. The number of carbonyl (C=O) groups excluding carboxylic acids is 1. The van der Waals surface area contributed by atoms with Crippen molar-refractivity contribution in [1.29, 1.82) is 0 Å². The Morgan fingerprint density at radius 2 is 2.00 bits per heavy atom. The molecule has 0 aromatic heterocycles. The summed E-state index contributed by atoms with van der Waals surface area (Å²) in [5.74, 6) is 1.94. The van der Waals surface area contributed by atoms with E-state index in [4.69, 9.17) is 11.6 Å². The van der Waals surface area contributed by atoms with Crippen LogP contribution in [0.3, 0.4) is 0 Å². The van der Waals surface area contributed by atoms with E-state index in [1.165, 1.54) is 32.1 Å². The predicted octanol–water partition coefficient (Wildman–Crippen LogP) is 4.03. The van der Waals surface area contributed by atoms with E-state index < -0.39 is 0 Å². The standard InChI is InChI=1S/C17H22ClNO/c18-16-7-3-6-14(10-16)17(20)12-19-9-8-13-4-1-2-5-15(13)11-19/h3,6-7,10,13,15H,1-2,4-5,8-9,11-12H2. The number of ketones is 1. The van der Waals surface area contributed by atoms with E-state index in [0.717, 1.165) is 30.5 Å². The number of nitrogens with zero attached hydrogens (tertiary/aromatic N) is 1. The number of carbonyl (C=O) groups is 1. The number of hydrogen-bond acceptors (Lipinski definition) is 2. The number of fused-ring (bicyclic) bond motifs is 1. The Kier molecular flexibility index (Phi) is 4.42. The van der Waals surface area contributed by atoms with Crippen LogP contribution >= 0.6 is 11.6 Å². The number of benzene rings is 1. The summed E-state index contributed by atoms with van der Waals surface area (Å²) in [5, 5.41) is 0.641. The van der Waals surface area contributed by atoms with Crippen LogP contribution in [-0.2, 0) is 0 Å². The lowest BCUT2D eigenvalue weighted by atomic mass is 9.75. The summed E-state index contributed by atoms with van der Waals surface area (Å²) in [6.45, 7) is 2.73. The number of likely N-dealkylation sites (tertiary alicyclic amines) is 1. The van der Waals surface area contributed by atoms with Crippen molar-refractivity contribution in [2.45, 2.75) is 32.1 Å². The Balaban J connectivity index is 1.59. The predicted molar refractivity (Wildman–Crippen MR) is 82.3 cm³/mol. The molecule has 0 radical (unpaired) electrons. The molecule has 0 spiro atoms. The maximum Gasteiger partial charge on any atom is 0.176 e. The molecule has 2 aliphatic rings. The Morgan fingerprint density at radius 3 is 2.80 bits per heavy atom. The normalized spacial score (nSPS) is 27.1. The van der Waals surface area contributed by atoms with Gasteiger partial charge in [-0.25, -0.2) is 0 Å². The number of rotatable bonds is 3. The van der Waals surface area contributed by atoms with E-state index >= 15 is 0 Å². The van der Waals surface area contributed by atoms with Gasteiger partial charge in [-0.15, -0.1) is 0 Å². The summed E-state index contributed by atoms with van der Waals surface area (Å²) in [5.41, 5.74) is 0.739. The van der Waals surface area contributed by atoms with Crippen LogP contribution in [0, 0.1) is 11.8 Å². The van der Waals surface area contributed by atoms with Gasteiger partial charge in [-0.3, -0.25) is 9.69 Å². The smallest absolute Gasteiger partial charge is 0.176 e. The van der Waals surface area contributed by atoms with E-state index in [2.05, 4.69) is 4.90 Å². The molecule has 1 saturated heterocycles. The van der Waals surface area contributed by atoms with Crippen LogP contribution in [0.2, 0.25) is 5.02 Å².